The van der Waals surface area contributed by atoms with Crippen LogP contribution in [0, 0.1) is 0 Å². The van der Waals surface area contributed by atoms with E-state index in [1.807, 2.05) is 13.8 Å². The maximum atomic E-state index is 14.4. The summed E-state index contributed by atoms with van der Waals surface area (Å²) < 4.78 is 28.9. The van der Waals surface area contributed by atoms with Gasteiger partial charge in [0.25, 0.3) is 5.92 Å². The number of nitrogens with one attached hydrogen (secondary N) is 1. The van der Waals surface area contributed by atoms with Gasteiger partial charge in [0.2, 0.25) is 5.91 Å². The van der Waals surface area contributed by atoms with Crippen molar-refractivity contribution in [2.24, 2.45) is 0 Å². The van der Waals surface area contributed by atoms with Crippen molar-refractivity contribution in [1.82, 2.24) is 15.2 Å². The lowest BCUT2D eigenvalue weighted by atomic mass is 9.88. The highest BCUT2D eigenvalue weighted by atomic mass is 19.3. The van der Waals surface area contributed by atoms with Crippen LogP contribution in [-0.2, 0) is 16.1 Å². The fraction of sp³-hybridized carbons (Fsp3) is 0.714. The predicted molar refractivity (Wildman–Crippen MR) is 107 cm³/mol. The van der Waals surface area contributed by atoms with E-state index in [1.54, 1.807) is 11.8 Å². The first-order chi connectivity index (χ1) is 13.0. The van der Waals surface area contributed by atoms with Crippen LogP contribution in [0.2, 0.25) is 0 Å². The summed E-state index contributed by atoms with van der Waals surface area (Å²) in [7, 11) is 0. The highest BCUT2D eigenvalue weighted by Gasteiger charge is 2.41. The van der Waals surface area contributed by atoms with Crippen LogP contribution in [0.3, 0.4) is 0 Å². The van der Waals surface area contributed by atoms with Crippen molar-refractivity contribution in [2.75, 3.05) is 31.1 Å². The number of pyridine rings is 1. The summed E-state index contributed by atoms with van der Waals surface area (Å²) in [4.78, 5) is 21.1. The van der Waals surface area contributed by atoms with E-state index < -0.39 is 5.92 Å². The van der Waals surface area contributed by atoms with Crippen molar-refractivity contribution in [3.8, 4) is 0 Å². The van der Waals surface area contributed by atoms with Crippen LogP contribution in [0.4, 0.5) is 14.5 Å². The molecule has 1 saturated heterocycles. The highest BCUT2D eigenvalue weighted by molar-refractivity contribution is 5.97. The molecule has 0 saturated carbocycles. The lowest BCUT2D eigenvalue weighted by molar-refractivity contribution is -0.120. The number of aromatic nitrogens is 1. The van der Waals surface area contributed by atoms with E-state index in [2.05, 4.69) is 29.0 Å². The number of fused-ring (bicyclic) bond motifs is 1. The van der Waals surface area contributed by atoms with Crippen molar-refractivity contribution in [3.63, 3.8) is 0 Å². The molecular formula is C21H32F2N4O. The number of alkyl halides is 2. The van der Waals surface area contributed by atoms with E-state index in [-0.39, 0.29) is 29.5 Å². The zero-order valence-corrected chi connectivity index (χ0v) is 17.6. The number of hydrogen-bond donors (Lipinski definition) is 1. The molecule has 7 heteroatoms. The summed E-state index contributed by atoms with van der Waals surface area (Å²) in [5, 5.41) is 3.41. The zero-order valence-electron chi connectivity index (χ0n) is 17.6. The molecule has 0 aliphatic carbocycles. The summed E-state index contributed by atoms with van der Waals surface area (Å²) in [5.74, 6) is -3.02. The minimum atomic E-state index is -2.98. The summed E-state index contributed by atoms with van der Waals surface area (Å²) >= 11 is 0. The average molecular weight is 395 g/mol. The average Bonchev–Trinajstić information content (AvgIpc) is 2.89. The molecule has 0 aromatic carbocycles. The molecule has 2 unspecified atom stereocenters. The third kappa shape index (κ3) is 4.06. The molecule has 1 aromatic heterocycles. The number of piperazine rings is 1. The van der Waals surface area contributed by atoms with Gasteiger partial charge in [0.15, 0.2) is 0 Å². The van der Waals surface area contributed by atoms with E-state index in [1.165, 1.54) is 12.3 Å². The topological polar surface area (TPSA) is 48.5 Å². The maximum Gasteiger partial charge on any atom is 0.289 e. The second-order valence-corrected chi connectivity index (χ2v) is 8.99. The first-order valence-electron chi connectivity index (χ1n) is 10.2. The fourth-order valence-corrected chi connectivity index (χ4v) is 4.20. The molecule has 28 heavy (non-hydrogen) atoms. The molecule has 1 fully saturated rings. The standard InChI is InChI=1S/C21H32F2N4O/c1-6-7-21(22,23)18-8-17-16(10-25-18)20(4,5)13-27(17)19(28)12-26-11-14(2)24-9-15(26)3/h8,10,14-15,24H,6-7,9,11-13H2,1-5H3. The third-order valence-electron chi connectivity index (χ3n) is 5.93. The van der Waals surface area contributed by atoms with Gasteiger partial charge in [0.1, 0.15) is 5.69 Å². The molecule has 1 aromatic rings. The number of hydrogen-bond acceptors (Lipinski definition) is 4. The molecule has 2 aliphatic heterocycles. The molecule has 1 N–H and O–H groups in total. The Morgan fingerprint density at radius 3 is 2.79 bits per heavy atom. The number of nitrogens with zero attached hydrogens (tertiary/aromatic N) is 3. The Balaban J connectivity index is 1.87. The van der Waals surface area contributed by atoms with E-state index >= 15 is 0 Å². The molecule has 0 spiro atoms. The number of carbonyl (C=O) groups is 1. The summed E-state index contributed by atoms with van der Waals surface area (Å²) in [6.45, 7) is 12.4. The minimum absolute atomic E-state index is 0.0382. The second-order valence-electron chi connectivity index (χ2n) is 8.99. The molecule has 3 rings (SSSR count). The molecule has 3 heterocycles. The summed E-state index contributed by atoms with van der Waals surface area (Å²) in [6.07, 6.45) is 1.67. The second kappa shape index (κ2) is 7.67. The molecule has 0 bridgehead atoms. The van der Waals surface area contributed by atoms with Crippen molar-refractivity contribution in [2.45, 2.75) is 70.9 Å². The molecule has 2 aliphatic rings. The Hall–Kier alpha value is -1.60. The number of amides is 1. The largest absolute Gasteiger partial charge is 0.311 e. The lowest BCUT2D eigenvalue weighted by Gasteiger charge is -2.37. The quantitative estimate of drug-likeness (QED) is 0.833. The number of rotatable bonds is 5. The number of carbonyl (C=O) groups excluding carboxylic acids is 1. The molecule has 5 nitrogen and oxygen atoms in total. The van der Waals surface area contributed by atoms with Gasteiger partial charge in [-0.2, -0.15) is 8.78 Å². The monoisotopic (exact) mass is 394 g/mol. The minimum Gasteiger partial charge on any atom is -0.311 e. The third-order valence-corrected chi connectivity index (χ3v) is 5.93. The molecule has 1 amide bonds. The van der Waals surface area contributed by atoms with Gasteiger partial charge in [-0.05, 0) is 19.9 Å². The molecule has 2 atom stereocenters. The van der Waals surface area contributed by atoms with Crippen LogP contribution in [-0.4, -0.2) is 54.1 Å². The SMILES string of the molecule is CCCC(F)(F)c1cc2c(cn1)C(C)(C)CN2C(=O)CN1CC(C)NCC1C. The molecular weight excluding hydrogens is 362 g/mol. The van der Waals surface area contributed by atoms with Gasteiger partial charge >= 0.3 is 0 Å². The van der Waals surface area contributed by atoms with Gasteiger partial charge in [-0.15, -0.1) is 0 Å². The van der Waals surface area contributed by atoms with Crippen LogP contribution >= 0.6 is 0 Å². The van der Waals surface area contributed by atoms with Gasteiger partial charge < -0.3 is 10.2 Å². The lowest BCUT2D eigenvalue weighted by Crippen LogP contribution is -2.56. The van der Waals surface area contributed by atoms with Gasteiger partial charge in [0, 0.05) is 55.3 Å². The normalized spacial score (nSPS) is 25.0. The zero-order chi connectivity index (χ0) is 20.7. The Bertz CT molecular complexity index is 737. The Morgan fingerprint density at radius 1 is 1.39 bits per heavy atom. The van der Waals surface area contributed by atoms with Gasteiger partial charge in [-0.3, -0.25) is 14.7 Å². The number of anilines is 1. The fourth-order valence-electron chi connectivity index (χ4n) is 4.20. The Kier molecular flexibility index (Phi) is 5.79. The van der Waals surface area contributed by atoms with Crippen LogP contribution in [0.15, 0.2) is 12.3 Å². The highest BCUT2D eigenvalue weighted by Crippen LogP contribution is 2.43. The number of halogens is 2. The summed E-state index contributed by atoms with van der Waals surface area (Å²) in [5.41, 5.74) is 0.900. The molecule has 156 valence electrons. The van der Waals surface area contributed by atoms with Crippen LogP contribution in [0.1, 0.15) is 58.7 Å². The van der Waals surface area contributed by atoms with Crippen molar-refractivity contribution in [3.05, 3.63) is 23.5 Å². The van der Waals surface area contributed by atoms with Crippen LogP contribution in [0.5, 0.6) is 0 Å². The van der Waals surface area contributed by atoms with Crippen LogP contribution in [0.25, 0.3) is 0 Å². The van der Waals surface area contributed by atoms with E-state index in [4.69, 9.17) is 0 Å². The van der Waals surface area contributed by atoms with Crippen molar-refractivity contribution >= 4 is 11.6 Å². The predicted octanol–water partition coefficient (Wildman–Crippen LogP) is 3.28. The Labute approximate surface area is 166 Å². The van der Waals surface area contributed by atoms with Gasteiger partial charge in [-0.25, -0.2) is 0 Å². The van der Waals surface area contributed by atoms with Gasteiger partial charge in [0.05, 0.1) is 12.2 Å². The van der Waals surface area contributed by atoms with Crippen molar-refractivity contribution in [1.29, 1.82) is 0 Å². The van der Waals surface area contributed by atoms with E-state index in [0.717, 1.165) is 18.7 Å². The summed E-state index contributed by atoms with van der Waals surface area (Å²) in [6, 6.07) is 2.02. The first-order valence-corrected chi connectivity index (χ1v) is 10.2. The first kappa shape index (κ1) is 21.1. The van der Waals surface area contributed by atoms with Crippen molar-refractivity contribution < 1.29 is 13.6 Å². The smallest absolute Gasteiger partial charge is 0.289 e. The van der Waals surface area contributed by atoms with E-state index in [9.17, 15) is 13.6 Å². The Morgan fingerprint density at radius 2 is 2.11 bits per heavy atom. The van der Waals surface area contributed by atoms with Crippen LogP contribution < -0.4 is 10.2 Å². The maximum absolute atomic E-state index is 14.4. The van der Waals surface area contributed by atoms with E-state index in [0.29, 0.717) is 31.2 Å². The molecule has 0 radical (unpaired) electrons. The van der Waals surface area contributed by atoms with Gasteiger partial charge in [-0.1, -0.05) is 27.2 Å².